The summed E-state index contributed by atoms with van der Waals surface area (Å²) in [5, 5.41) is 2.78. The monoisotopic (exact) mass is 268 g/mol. The van der Waals surface area contributed by atoms with Crippen molar-refractivity contribution < 1.29 is 8.42 Å². The quantitative estimate of drug-likeness (QED) is 0.713. The van der Waals surface area contributed by atoms with E-state index < -0.39 is 10.0 Å². The third-order valence-electron chi connectivity index (χ3n) is 2.37. The van der Waals surface area contributed by atoms with Crippen LogP contribution < -0.4 is 5.32 Å². The first-order valence-electron chi connectivity index (χ1n) is 5.49. The predicted molar refractivity (Wildman–Crippen MR) is 72.5 cm³/mol. The molecule has 0 aromatic heterocycles. The third kappa shape index (κ3) is 5.52. The molecule has 0 aliphatic rings. The highest BCUT2D eigenvalue weighted by Gasteiger charge is 2.25. The number of hydrogen-bond donors (Lipinski definition) is 1. The molecular weight excluding hydrogens is 244 g/mol. The van der Waals surface area contributed by atoms with E-state index in [1.165, 1.54) is 4.31 Å². The van der Waals surface area contributed by atoms with Crippen molar-refractivity contribution in [1.82, 2.24) is 9.62 Å². The van der Waals surface area contributed by atoms with Gasteiger partial charge in [-0.3, -0.25) is 0 Å². The van der Waals surface area contributed by atoms with E-state index in [0.29, 0.717) is 19.1 Å². The van der Waals surface area contributed by atoms with Gasteiger partial charge in [0.25, 0.3) is 0 Å². The average molecular weight is 268 g/mol. The van der Waals surface area contributed by atoms with E-state index >= 15 is 0 Å². The zero-order valence-corrected chi connectivity index (χ0v) is 12.5. The lowest BCUT2D eigenvalue weighted by atomic mass is 10.3. The summed E-state index contributed by atoms with van der Waals surface area (Å²) in [6.07, 6.45) is 1.98. The van der Waals surface area contributed by atoms with E-state index in [4.69, 9.17) is 0 Å². The maximum absolute atomic E-state index is 12.0. The highest BCUT2D eigenvalue weighted by Crippen LogP contribution is 2.07. The lowest BCUT2D eigenvalue weighted by Crippen LogP contribution is -2.42. The molecule has 1 atom stereocenters. The van der Waals surface area contributed by atoms with Crippen LogP contribution in [0.5, 0.6) is 0 Å². The van der Waals surface area contributed by atoms with Crippen LogP contribution in [0.1, 0.15) is 20.8 Å². The van der Waals surface area contributed by atoms with Crippen LogP contribution in [-0.4, -0.2) is 56.2 Å². The van der Waals surface area contributed by atoms with Crippen LogP contribution in [0.15, 0.2) is 0 Å². The van der Waals surface area contributed by atoms with Gasteiger partial charge in [0.2, 0.25) is 10.0 Å². The Morgan fingerprint density at radius 1 is 1.31 bits per heavy atom. The van der Waals surface area contributed by atoms with Crippen LogP contribution in [0.2, 0.25) is 0 Å². The molecule has 1 unspecified atom stereocenters. The van der Waals surface area contributed by atoms with Crippen LogP contribution in [-0.2, 0) is 10.0 Å². The van der Waals surface area contributed by atoms with Crippen LogP contribution in [0.3, 0.4) is 0 Å². The largest absolute Gasteiger partial charge is 0.313 e. The van der Waals surface area contributed by atoms with Gasteiger partial charge in [0, 0.05) is 31.9 Å². The SMILES string of the molecule is CSCCN(C)S(=O)(=O)C(C)CNC(C)C. The second-order valence-electron chi connectivity index (χ2n) is 4.23. The van der Waals surface area contributed by atoms with Crippen LogP contribution in [0.4, 0.5) is 0 Å². The fraction of sp³-hybridized carbons (Fsp3) is 1.00. The summed E-state index contributed by atoms with van der Waals surface area (Å²) >= 11 is 1.65. The summed E-state index contributed by atoms with van der Waals surface area (Å²) in [5.41, 5.74) is 0. The van der Waals surface area contributed by atoms with Crippen molar-refractivity contribution in [2.75, 3.05) is 32.1 Å². The van der Waals surface area contributed by atoms with Crippen molar-refractivity contribution in [2.24, 2.45) is 0 Å². The molecule has 0 aliphatic carbocycles. The summed E-state index contributed by atoms with van der Waals surface area (Å²) in [6.45, 7) is 6.85. The minimum Gasteiger partial charge on any atom is -0.313 e. The van der Waals surface area contributed by atoms with E-state index in [9.17, 15) is 8.42 Å². The van der Waals surface area contributed by atoms with Gasteiger partial charge in [-0.2, -0.15) is 11.8 Å². The number of nitrogens with zero attached hydrogens (tertiary/aromatic N) is 1. The highest BCUT2D eigenvalue weighted by atomic mass is 32.2. The molecule has 6 heteroatoms. The zero-order chi connectivity index (χ0) is 12.8. The molecule has 0 spiro atoms. The summed E-state index contributed by atoms with van der Waals surface area (Å²) < 4.78 is 25.5. The topological polar surface area (TPSA) is 49.4 Å². The molecule has 98 valence electrons. The van der Waals surface area contributed by atoms with Crippen molar-refractivity contribution >= 4 is 21.8 Å². The second kappa shape index (κ2) is 7.53. The lowest BCUT2D eigenvalue weighted by molar-refractivity contribution is 0.469. The van der Waals surface area contributed by atoms with Crippen molar-refractivity contribution in [3.05, 3.63) is 0 Å². The molecule has 0 aliphatic heterocycles. The zero-order valence-electron chi connectivity index (χ0n) is 10.9. The summed E-state index contributed by atoms with van der Waals surface area (Å²) in [7, 11) is -1.50. The van der Waals surface area contributed by atoms with Crippen molar-refractivity contribution in [2.45, 2.75) is 32.1 Å². The molecule has 0 saturated carbocycles. The van der Waals surface area contributed by atoms with E-state index in [1.54, 1.807) is 25.7 Å². The summed E-state index contributed by atoms with van der Waals surface area (Å²) in [5.74, 6) is 0.833. The summed E-state index contributed by atoms with van der Waals surface area (Å²) in [4.78, 5) is 0. The fourth-order valence-corrected chi connectivity index (χ4v) is 3.00. The highest BCUT2D eigenvalue weighted by molar-refractivity contribution is 7.98. The molecule has 0 aromatic carbocycles. The molecule has 0 amide bonds. The molecular formula is C10H24N2O2S2. The molecule has 0 saturated heterocycles. The lowest BCUT2D eigenvalue weighted by Gasteiger charge is -2.22. The van der Waals surface area contributed by atoms with Crippen LogP contribution >= 0.6 is 11.8 Å². The number of thioether (sulfide) groups is 1. The van der Waals surface area contributed by atoms with Gasteiger partial charge in [0.15, 0.2) is 0 Å². The standard InChI is InChI=1S/C10H24N2O2S2/c1-9(2)11-8-10(3)16(13,14)12(4)6-7-15-5/h9-11H,6-8H2,1-5H3. The average Bonchev–Trinajstić information content (AvgIpc) is 2.21. The maximum Gasteiger partial charge on any atom is 0.217 e. The van der Waals surface area contributed by atoms with Crippen molar-refractivity contribution in [3.8, 4) is 0 Å². The minimum absolute atomic E-state index is 0.314. The first-order chi connectivity index (χ1) is 7.32. The Morgan fingerprint density at radius 3 is 2.31 bits per heavy atom. The van der Waals surface area contributed by atoms with E-state index in [2.05, 4.69) is 5.32 Å². The number of rotatable bonds is 8. The van der Waals surface area contributed by atoms with Gasteiger partial charge in [-0.15, -0.1) is 0 Å². The van der Waals surface area contributed by atoms with Gasteiger partial charge in [0.1, 0.15) is 0 Å². The van der Waals surface area contributed by atoms with Gasteiger partial charge in [-0.25, -0.2) is 12.7 Å². The molecule has 0 bridgehead atoms. The Labute approximate surface area is 104 Å². The van der Waals surface area contributed by atoms with E-state index in [1.807, 2.05) is 20.1 Å². The molecule has 16 heavy (non-hydrogen) atoms. The van der Waals surface area contributed by atoms with Crippen LogP contribution in [0.25, 0.3) is 0 Å². The Bertz CT molecular complexity index is 279. The predicted octanol–water partition coefficient (Wildman–Crippen LogP) is 0.997. The Hall–Kier alpha value is 0.220. The Balaban J connectivity index is 4.29. The van der Waals surface area contributed by atoms with Crippen LogP contribution in [0, 0.1) is 0 Å². The fourth-order valence-electron chi connectivity index (χ4n) is 1.16. The smallest absolute Gasteiger partial charge is 0.217 e. The molecule has 1 N–H and O–H groups in total. The normalized spacial score (nSPS) is 14.7. The third-order valence-corrected chi connectivity index (χ3v) is 5.19. The number of hydrogen-bond acceptors (Lipinski definition) is 4. The van der Waals surface area contributed by atoms with Crippen molar-refractivity contribution in [1.29, 1.82) is 0 Å². The van der Waals surface area contributed by atoms with Crippen molar-refractivity contribution in [3.63, 3.8) is 0 Å². The van der Waals surface area contributed by atoms with Gasteiger partial charge >= 0.3 is 0 Å². The molecule has 0 rings (SSSR count). The summed E-state index contributed by atoms with van der Waals surface area (Å²) in [6, 6.07) is 0.314. The van der Waals surface area contributed by atoms with E-state index in [-0.39, 0.29) is 5.25 Å². The first-order valence-corrected chi connectivity index (χ1v) is 8.39. The maximum atomic E-state index is 12.0. The molecule has 0 fully saturated rings. The van der Waals surface area contributed by atoms with Gasteiger partial charge in [-0.05, 0) is 13.2 Å². The Morgan fingerprint density at radius 2 is 1.88 bits per heavy atom. The molecule has 0 aromatic rings. The van der Waals surface area contributed by atoms with Gasteiger partial charge in [-0.1, -0.05) is 13.8 Å². The second-order valence-corrected chi connectivity index (χ2v) is 7.68. The molecule has 0 radical (unpaired) electrons. The van der Waals surface area contributed by atoms with Gasteiger partial charge in [0.05, 0.1) is 5.25 Å². The first kappa shape index (κ1) is 16.2. The Kier molecular flexibility index (Phi) is 7.63. The number of nitrogens with one attached hydrogen (secondary N) is 1. The number of sulfonamides is 1. The molecule has 4 nitrogen and oxygen atoms in total. The molecule has 0 heterocycles. The minimum atomic E-state index is -3.15. The van der Waals surface area contributed by atoms with E-state index in [0.717, 1.165) is 5.75 Å². The van der Waals surface area contributed by atoms with Gasteiger partial charge < -0.3 is 5.32 Å².